The highest BCUT2D eigenvalue weighted by atomic mass is 16.5. The van der Waals surface area contributed by atoms with Crippen LogP contribution in [0.15, 0.2) is 85.5 Å². The molecule has 0 unspecified atom stereocenters. The van der Waals surface area contributed by atoms with E-state index in [4.69, 9.17) is 4.74 Å². The number of nitrogens with one attached hydrogen (secondary N) is 1. The molecule has 0 aliphatic carbocycles. The predicted octanol–water partition coefficient (Wildman–Crippen LogP) is 5.75. The average Bonchev–Trinajstić information content (AvgIpc) is 3.24. The third kappa shape index (κ3) is 4.03. The Morgan fingerprint density at radius 2 is 1.69 bits per heavy atom. The van der Waals surface area contributed by atoms with Crippen LogP contribution in [0.1, 0.15) is 16.7 Å². The van der Waals surface area contributed by atoms with Crippen molar-refractivity contribution in [1.29, 1.82) is 0 Å². The van der Waals surface area contributed by atoms with Gasteiger partial charge in [0.2, 0.25) is 0 Å². The monoisotopic (exact) mass is 421 g/mol. The zero-order chi connectivity index (χ0) is 21.9. The summed E-state index contributed by atoms with van der Waals surface area (Å²) < 4.78 is 7.87. The quantitative estimate of drug-likeness (QED) is 0.378. The van der Waals surface area contributed by atoms with Gasteiger partial charge >= 0.3 is 0 Å². The van der Waals surface area contributed by atoms with Crippen molar-refractivity contribution in [3.05, 3.63) is 102 Å². The van der Waals surface area contributed by atoms with Gasteiger partial charge in [-0.1, -0.05) is 48.0 Å². The summed E-state index contributed by atoms with van der Waals surface area (Å²) in [7, 11) is 0. The number of anilines is 2. The van der Waals surface area contributed by atoms with Gasteiger partial charge in [-0.15, -0.1) is 0 Å². The first-order valence-electron chi connectivity index (χ1n) is 10.5. The molecule has 0 aliphatic rings. The van der Waals surface area contributed by atoms with E-state index in [2.05, 4.69) is 52.3 Å². The van der Waals surface area contributed by atoms with E-state index in [1.807, 2.05) is 59.2 Å². The zero-order valence-corrected chi connectivity index (χ0v) is 18.0. The molecular formula is C26H23N5O. The van der Waals surface area contributed by atoms with Crippen molar-refractivity contribution in [3.8, 4) is 11.4 Å². The smallest absolute Gasteiger partial charge is 0.170 e. The Bertz CT molecular complexity index is 1360. The molecule has 5 aromatic rings. The molecule has 0 bridgehead atoms. The minimum Gasteiger partial charge on any atom is -0.489 e. The number of benzene rings is 3. The van der Waals surface area contributed by atoms with Crippen LogP contribution < -0.4 is 10.1 Å². The maximum absolute atomic E-state index is 5.87. The standard InChI is InChI=1S/C26H23N5O/c1-18-8-13-23(19(2)14-18)31-17-29-24-25(27-16-28-26(24)31)30-21-9-11-22(12-10-21)32-15-20-6-4-3-5-7-20/h3-14,16-17H,15H2,1-2H3,(H,27,28,30). The molecule has 0 saturated heterocycles. The maximum Gasteiger partial charge on any atom is 0.170 e. The number of hydrogen-bond acceptors (Lipinski definition) is 5. The van der Waals surface area contributed by atoms with Gasteiger partial charge in [-0.3, -0.25) is 4.57 Å². The van der Waals surface area contributed by atoms with Crippen molar-refractivity contribution in [2.45, 2.75) is 20.5 Å². The minimum absolute atomic E-state index is 0.538. The number of ether oxygens (including phenoxy) is 1. The van der Waals surface area contributed by atoms with Gasteiger partial charge in [-0.05, 0) is 55.3 Å². The molecule has 0 fully saturated rings. The second kappa shape index (κ2) is 8.51. The van der Waals surface area contributed by atoms with Crippen LogP contribution >= 0.6 is 0 Å². The van der Waals surface area contributed by atoms with Crippen LogP contribution in [0, 0.1) is 13.8 Å². The van der Waals surface area contributed by atoms with Crippen molar-refractivity contribution in [1.82, 2.24) is 19.5 Å². The highest BCUT2D eigenvalue weighted by Crippen LogP contribution is 2.26. The van der Waals surface area contributed by atoms with E-state index in [9.17, 15) is 0 Å². The van der Waals surface area contributed by atoms with E-state index in [1.165, 1.54) is 11.1 Å². The Kier molecular flexibility index (Phi) is 5.25. The summed E-state index contributed by atoms with van der Waals surface area (Å²) in [5.74, 6) is 1.47. The fraction of sp³-hybridized carbons (Fsp3) is 0.115. The third-order valence-corrected chi connectivity index (χ3v) is 5.31. The summed E-state index contributed by atoms with van der Waals surface area (Å²) in [6, 6.07) is 24.3. The molecule has 0 radical (unpaired) electrons. The summed E-state index contributed by atoms with van der Waals surface area (Å²) in [5.41, 5.74) is 6.97. The van der Waals surface area contributed by atoms with Gasteiger partial charge in [0.05, 0.1) is 5.69 Å². The van der Waals surface area contributed by atoms with Gasteiger partial charge in [0.25, 0.3) is 0 Å². The van der Waals surface area contributed by atoms with Gasteiger partial charge in [-0.25, -0.2) is 15.0 Å². The lowest BCUT2D eigenvalue weighted by Gasteiger charge is -2.10. The van der Waals surface area contributed by atoms with Crippen LogP contribution in [0.3, 0.4) is 0 Å². The van der Waals surface area contributed by atoms with E-state index in [0.717, 1.165) is 33.9 Å². The first kappa shape index (κ1) is 19.8. The molecule has 0 saturated carbocycles. The summed E-state index contributed by atoms with van der Waals surface area (Å²) >= 11 is 0. The van der Waals surface area contributed by atoms with Crippen LogP contribution in [0.5, 0.6) is 5.75 Å². The van der Waals surface area contributed by atoms with E-state index in [1.54, 1.807) is 12.7 Å². The number of aryl methyl sites for hydroxylation is 2. The zero-order valence-electron chi connectivity index (χ0n) is 18.0. The van der Waals surface area contributed by atoms with Crippen LogP contribution in [0.4, 0.5) is 11.5 Å². The summed E-state index contributed by atoms with van der Waals surface area (Å²) in [4.78, 5) is 13.5. The van der Waals surface area contributed by atoms with Crippen LogP contribution in [-0.4, -0.2) is 19.5 Å². The highest BCUT2D eigenvalue weighted by Gasteiger charge is 2.13. The van der Waals surface area contributed by atoms with Crippen LogP contribution in [0.25, 0.3) is 16.9 Å². The highest BCUT2D eigenvalue weighted by molar-refractivity contribution is 5.86. The summed E-state index contributed by atoms with van der Waals surface area (Å²) in [6.07, 6.45) is 3.35. The van der Waals surface area contributed by atoms with Crippen LogP contribution in [0.2, 0.25) is 0 Å². The molecule has 0 spiro atoms. The summed E-state index contributed by atoms with van der Waals surface area (Å²) in [5, 5.41) is 3.35. The van der Waals surface area contributed by atoms with Crippen molar-refractivity contribution in [2.75, 3.05) is 5.32 Å². The first-order valence-corrected chi connectivity index (χ1v) is 10.5. The van der Waals surface area contributed by atoms with Crippen molar-refractivity contribution >= 4 is 22.7 Å². The average molecular weight is 422 g/mol. The third-order valence-electron chi connectivity index (χ3n) is 5.31. The molecular weight excluding hydrogens is 398 g/mol. The molecule has 32 heavy (non-hydrogen) atoms. The molecule has 0 atom stereocenters. The molecule has 3 aromatic carbocycles. The molecule has 158 valence electrons. The number of nitrogens with zero attached hydrogens (tertiary/aromatic N) is 4. The number of rotatable bonds is 6. The van der Waals surface area contributed by atoms with E-state index >= 15 is 0 Å². The fourth-order valence-corrected chi connectivity index (χ4v) is 3.69. The fourth-order valence-electron chi connectivity index (χ4n) is 3.69. The normalized spacial score (nSPS) is 10.9. The topological polar surface area (TPSA) is 64.9 Å². The lowest BCUT2D eigenvalue weighted by atomic mass is 10.1. The van der Waals surface area contributed by atoms with Gasteiger partial charge in [0, 0.05) is 5.69 Å². The number of fused-ring (bicyclic) bond motifs is 1. The second-order valence-electron chi connectivity index (χ2n) is 7.72. The lowest BCUT2D eigenvalue weighted by molar-refractivity contribution is 0.306. The van der Waals surface area contributed by atoms with Gasteiger partial charge < -0.3 is 10.1 Å². The SMILES string of the molecule is Cc1ccc(-n2cnc3c(Nc4ccc(OCc5ccccc5)cc4)ncnc32)c(C)c1. The first-order chi connectivity index (χ1) is 15.7. The Labute approximate surface area is 186 Å². The van der Waals surface area contributed by atoms with E-state index < -0.39 is 0 Å². The molecule has 5 rings (SSSR count). The van der Waals surface area contributed by atoms with Crippen molar-refractivity contribution in [2.24, 2.45) is 0 Å². The number of aromatic nitrogens is 4. The summed E-state index contributed by atoms with van der Waals surface area (Å²) in [6.45, 7) is 4.72. The van der Waals surface area contributed by atoms with E-state index in [-0.39, 0.29) is 0 Å². The molecule has 6 heteroatoms. The molecule has 2 heterocycles. The van der Waals surface area contributed by atoms with Crippen LogP contribution in [-0.2, 0) is 6.61 Å². The van der Waals surface area contributed by atoms with Crippen molar-refractivity contribution in [3.63, 3.8) is 0 Å². The molecule has 0 amide bonds. The van der Waals surface area contributed by atoms with E-state index in [0.29, 0.717) is 12.4 Å². The maximum atomic E-state index is 5.87. The Morgan fingerprint density at radius 1 is 0.875 bits per heavy atom. The molecule has 0 aliphatic heterocycles. The van der Waals surface area contributed by atoms with Gasteiger partial charge in [-0.2, -0.15) is 0 Å². The van der Waals surface area contributed by atoms with Crippen molar-refractivity contribution < 1.29 is 4.74 Å². The predicted molar refractivity (Wildman–Crippen MR) is 127 cm³/mol. The molecule has 2 aromatic heterocycles. The Hall–Kier alpha value is -4.19. The lowest BCUT2D eigenvalue weighted by Crippen LogP contribution is -2.00. The van der Waals surface area contributed by atoms with Gasteiger partial charge in [0.15, 0.2) is 17.0 Å². The number of hydrogen-bond donors (Lipinski definition) is 1. The number of imidazole rings is 1. The second-order valence-corrected chi connectivity index (χ2v) is 7.72. The molecule has 1 N–H and O–H groups in total. The largest absolute Gasteiger partial charge is 0.489 e. The Balaban J connectivity index is 1.36. The minimum atomic E-state index is 0.538. The molecule has 6 nitrogen and oxygen atoms in total. The van der Waals surface area contributed by atoms with Gasteiger partial charge in [0.1, 0.15) is 25.0 Å². The Morgan fingerprint density at radius 3 is 2.47 bits per heavy atom.